The third-order valence-electron chi connectivity index (χ3n) is 1.09. The number of nitrogens with zero attached hydrogens (tertiary/aromatic N) is 2. The first-order chi connectivity index (χ1) is 5.06. The number of hydrogen-bond donors (Lipinski definition) is 0. The number of rotatable bonds is 4. The predicted octanol–water partition coefficient (Wildman–Crippen LogP) is 1.71. The van der Waals surface area contributed by atoms with Crippen molar-refractivity contribution < 1.29 is 0 Å². The van der Waals surface area contributed by atoms with E-state index in [1.165, 1.54) is 0 Å². The first-order valence-electron chi connectivity index (χ1n) is 3.53. The molecule has 2 heteroatoms. The summed E-state index contributed by atoms with van der Waals surface area (Å²) < 4.78 is 0. The summed E-state index contributed by atoms with van der Waals surface area (Å²) in [5, 5.41) is 0. The fraction of sp³-hybridized carbons (Fsp3) is 0.444. The van der Waals surface area contributed by atoms with Gasteiger partial charge in [-0.1, -0.05) is 12.2 Å². The molecule has 0 atom stereocenters. The molecule has 0 N–H and O–H groups in total. The standard InChI is InChI=1S/C9H16N2/c1-8(2)6-9(10-3)7-11(4)5/h6H,1,3,7H2,2,4-5H3/b9-6-. The molecule has 0 bridgehead atoms. The van der Waals surface area contributed by atoms with Crippen molar-refractivity contribution in [2.45, 2.75) is 6.92 Å². The van der Waals surface area contributed by atoms with Crippen LogP contribution in [0.1, 0.15) is 6.92 Å². The lowest BCUT2D eigenvalue weighted by atomic mass is 10.2. The molecule has 0 saturated heterocycles. The highest BCUT2D eigenvalue weighted by Gasteiger charge is 1.94. The van der Waals surface area contributed by atoms with Gasteiger partial charge >= 0.3 is 0 Å². The van der Waals surface area contributed by atoms with Crippen molar-refractivity contribution in [1.29, 1.82) is 0 Å². The van der Waals surface area contributed by atoms with Crippen molar-refractivity contribution >= 4 is 6.72 Å². The number of aliphatic imine (C=N–C) groups is 1. The average Bonchev–Trinajstić information content (AvgIpc) is 1.84. The molecule has 0 aromatic heterocycles. The summed E-state index contributed by atoms with van der Waals surface area (Å²) in [5.74, 6) is 0. The molecule has 0 aromatic rings. The van der Waals surface area contributed by atoms with Gasteiger partial charge in [0.1, 0.15) is 0 Å². The molecule has 0 unspecified atom stereocenters. The van der Waals surface area contributed by atoms with Crippen LogP contribution in [0.4, 0.5) is 0 Å². The van der Waals surface area contributed by atoms with E-state index >= 15 is 0 Å². The van der Waals surface area contributed by atoms with Gasteiger partial charge in [0.2, 0.25) is 0 Å². The molecule has 0 amide bonds. The van der Waals surface area contributed by atoms with Crippen molar-refractivity contribution in [2.75, 3.05) is 20.6 Å². The summed E-state index contributed by atoms with van der Waals surface area (Å²) in [6, 6.07) is 0. The van der Waals surface area contributed by atoms with Gasteiger partial charge in [-0.3, -0.25) is 4.99 Å². The summed E-state index contributed by atoms with van der Waals surface area (Å²) >= 11 is 0. The Morgan fingerprint density at radius 1 is 1.55 bits per heavy atom. The van der Waals surface area contributed by atoms with Crippen molar-refractivity contribution in [3.05, 3.63) is 23.9 Å². The topological polar surface area (TPSA) is 15.6 Å². The number of hydrogen-bond acceptors (Lipinski definition) is 2. The van der Waals surface area contributed by atoms with E-state index in [-0.39, 0.29) is 0 Å². The fourth-order valence-corrected chi connectivity index (χ4v) is 0.750. The van der Waals surface area contributed by atoms with Crippen molar-refractivity contribution in [3.63, 3.8) is 0 Å². The molecule has 0 spiro atoms. The Balaban J connectivity index is 4.16. The lowest BCUT2D eigenvalue weighted by Gasteiger charge is -2.08. The van der Waals surface area contributed by atoms with Gasteiger partial charge in [-0.15, -0.1) is 0 Å². The summed E-state index contributed by atoms with van der Waals surface area (Å²) in [6.45, 7) is 10.0. The molecule has 0 aliphatic heterocycles. The lowest BCUT2D eigenvalue weighted by molar-refractivity contribution is 0.444. The van der Waals surface area contributed by atoms with Gasteiger partial charge in [0.15, 0.2) is 0 Å². The van der Waals surface area contributed by atoms with Gasteiger partial charge in [-0.2, -0.15) is 0 Å². The van der Waals surface area contributed by atoms with Gasteiger partial charge in [-0.25, -0.2) is 0 Å². The van der Waals surface area contributed by atoms with Crippen LogP contribution in [0, 0.1) is 0 Å². The second-order valence-electron chi connectivity index (χ2n) is 2.88. The van der Waals surface area contributed by atoms with Crippen molar-refractivity contribution in [3.8, 4) is 0 Å². The Morgan fingerprint density at radius 2 is 2.09 bits per heavy atom. The molecule has 0 aliphatic rings. The van der Waals surface area contributed by atoms with E-state index in [4.69, 9.17) is 0 Å². The smallest absolute Gasteiger partial charge is 0.0538 e. The van der Waals surface area contributed by atoms with Crippen LogP contribution >= 0.6 is 0 Å². The first-order valence-corrected chi connectivity index (χ1v) is 3.53. The largest absolute Gasteiger partial charge is 0.304 e. The Kier molecular flexibility index (Phi) is 4.46. The predicted molar refractivity (Wildman–Crippen MR) is 51.0 cm³/mol. The van der Waals surface area contributed by atoms with Crippen LogP contribution in [-0.2, 0) is 0 Å². The van der Waals surface area contributed by atoms with Gasteiger partial charge in [-0.05, 0) is 33.8 Å². The quantitative estimate of drug-likeness (QED) is 0.442. The fourth-order valence-electron chi connectivity index (χ4n) is 0.750. The molecule has 0 aromatic carbocycles. The number of allylic oxidation sites excluding steroid dienone is 2. The Hall–Kier alpha value is -0.890. The molecule has 0 radical (unpaired) electrons. The van der Waals surface area contributed by atoms with Gasteiger partial charge < -0.3 is 4.90 Å². The zero-order chi connectivity index (χ0) is 8.85. The lowest BCUT2D eigenvalue weighted by Crippen LogP contribution is -2.14. The van der Waals surface area contributed by atoms with Crippen LogP contribution < -0.4 is 0 Å². The SMILES string of the molecule is C=N/C(=C\C(=C)C)CN(C)C. The van der Waals surface area contributed by atoms with Crippen molar-refractivity contribution in [2.24, 2.45) is 4.99 Å². The highest BCUT2D eigenvalue weighted by molar-refractivity contribution is 5.31. The molecule has 0 fully saturated rings. The summed E-state index contributed by atoms with van der Waals surface area (Å²) in [4.78, 5) is 5.92. The van der Waals surface area contributed by atoms with E-state index in [1.807, 2.05) is 32.0 Å². The van der Waals surface area contributed by atoms with E-state index in [1.54, 1.807) is 0 Å². The molecule has 2 nitrogen and oxygen atoms in total. The molecule has 0 aliphatic carbocycles. The van der Waals surface area contributed by atoms with Crippen LogP contribution in [0.3, 0.4) is 0 Å². The minimum Gasteiger partial charge on any atom is -0.304 e. The van der Waals surface area contributed by atoms with Gasteiger partial charge in [0.25, 0.3) is 0 Å². The minimum absolute atomic E-state index is 0.816. The maximum atomic E-state index is 3.88. The summed E-state index contributed by atoms with van der Waals surface area (Å²) in [5.41, 5.74) is 1.97. The highest BCUT2D eigenvalue weighted by atomic mass is 15.1. The van der Waals surface area contributed by atoms with Gasteiger partial charge in [0, 0.05) is 6.54 Å². The minimum atomic E-state index is 0.816. The monoisotopic (exact) mass is 152 g/mol. The zero-order valence-electron chi connectivity index (χ0n) is 7.59. The van der Waals surface area contributed by atoms with Crippen LogP contribution in [0.5, 0.6) is 0 Å². The molecule has 0 rings (SSSR count). The van der Waals surface area contributed by atoms with Crippen LogP contribution in [0.2, 0.25) is 0 Å². The van der Waals surface area contributed by atoms with E-state index < -0.39 is 0 Å². The number of likely N-dealkylation sites (N-methyl/N-ethyl adjacent to an activating group) is 1. The van der Waals surface area contributed by atoms with E-state index in [2.05, 4.69) is 18.3 Å². The molecule has 11 heavy (non-hydrogen) atoms. The van der Waals surface area contributed by atoms with Crippen LogP contribution in [0.25, 0.3) is 0 Å². The van der Waals surface area contributed by atoms with Crippen LogP contribution in [0.15, 0.2) is 28.9 Å². The molecule has 62 valence electrons. The van der Waals surface area contributed by atoms with Gasteiger partial charge in [0.05, 0.1) is 5.70 Å². The Morgan fingerprint density at radius 3 is 2.36 bits per heavy atom. The zero-order valence-corrected chi connectivity index (χ0v) is 7.59. The van der Waals surface area contributed by atoms with E-state index in [9.17, 15) is 0 Å². The molecular formula is C9H16N2. The second-order valence-corrected chi connectivity index (χ2v) is 2.88. The Labute approximate surface area is 68.9 Å². The van der Waals surface area contributed by atoms with Crippen molar-refractivity contribution in [1.82, 2.24) is 4.90 Å². The van der Waals surface area contributed by atoms with E-state index in [0.29, 0.717) is 0 Å². The maximum absolute atomic E-state index is 3.88. The first kappa shape index (κ1) is 10.1. The molecular weight excluding hydrogens is 136 g/mol. The molecule has 0 saturated carbocycles. The van der Waals surface area contributed by atoms with Crippen LogP contribution in [-0.4, -0.2) is 32.3 Å². The van der Waals surface area contributed by atoms with E-state index in [0.717, 1.165) is 17.8 Å². The summed E-state index contributed by atoms with van der Waals surface area (Å²) in [7, 11) is 3.99. The average molecular weight is 152 g/mol. The Bertz CT molecular complexity index is 178. The third kappa shape index (κ3) is 5.55. The summed E-state index contributed by atoms with van der Waals surface area (Å²) in [6.07, 6.45) is 1.94. The third-order valence-corrected chi connectivity index (χ3v) is 1.09. The maximum Gasteiger partial charge on any atom is 0.0538 e. The normalized spacial score (nSPS) is 11.8. The second kappa shape index (κ2) is 4.85. The highest BCUT2D eigenvalue weighted by Crippen LogP contribution is 2.01. The molecule has 0 heterocycles.